The molecule has 2 amide bonds. The topological polar surface area (TPSA) is 125 Å². The Morgan fingerprint density at radius 3 is 2.33 bits per heavy atom. The molecule has 174 valence electrons. The first-order chi connectivity index (χ1) is 16.0. The van der Waals surface area contributed by atoms with Crippen LogP contribution in [0.15, 0.2) is 48.5 Å². The number of carboxylic acid groups (broad SMARTS) is 1. The van der Waals surface area contributed by atoms with Gasteiger partial charge < -0.3 is 29.9 Å². The monoisotopic (exact) mass is 454 g/mol. The molecule has 0 spiro atoms. The number of aliphatic hydroxyl groups is 1. The highest BCUT2D eigenvalue weighted by Gasteiger charge is 2.33. The van der Waals surface area contributed by atoms with Crippen LogP contribution in [-0.2, 0) is 19.1 Å². The molecule has 2 aromatic carbocycles. The lowest BCUT2D eigenvalue weighted by Crippen LogP contribution is -2.55. The third-order valence-corrected chi connectivity index (χ3v) is 5.97. The van der Waals surface area contributed by atoms with Gasteiger partial charge in [-0.1, -0.05) is 48.5 Å². The number of carboxylic acids is 1. The van der Waals surface area contributed by atoms with Gasteiger partial charge in [0.15, 0.2) is 0 Å². The summed E-state index contributed by atoms with van der Waals surface area (Å²) in [5.41, 5.74) is 4.28. The number of rotatable bonds is 7. The van der Waals surface area contributed by atoms with Crippen molar-refractivity contribution in [3.8, 4) is 11.1 Å². The van der Waals surface area contributed by atoms with Gasteiger partial charge in [-0.05, 0) is 22.3 Å². The number of aliphatic hydroxyl groups excluding tert-OH is 1. The first-order valence-electron chi connectivity index (χ1n) is 10.8. The second-order valence-corrected chi connectivity index (χ2v) is 8.08. The Morgan fingerprint density at radius 1 is 1.09 bits per heavy atom. The van der Waals surface area contributed by atoms with Crippen molar-refractivity contribution in [1.82, 2.24) is 10.2 Å². The van der Waals surface area contributed by atoms with Crippen LogP contribution in [0.5, 0.6) is 0 Å². The molecular weight excluding hydrogens is 428 g/mol. The maximum absolute atomic E-state index is 12.9. The van der Waals surface area contributed by atoms with Crippen molar-refractivity contribution >= 4 is 18.0 Å². The van der Waals surface area contributed by atoms with Gasteiger partial charge in [-0.25, -0.2) is 4.79 Å². The summed E-state index contributed by atoms with van der Waals surface area (Å²) < 4.78 is 10.8. The summed E-state index contributed by atoms with van der Waals surface area (Å²) >= 11 is 0. The van der Waals surface area contributed by atoms with Crippen LogP contribution in [0.3, 0.4) is 0 Å². The molecule has 0 aromatic heterocycles. The normalized spacial score (nSPS) is 18.2. The van der Waals surface area contributed by atoms with Crippen LogP contribution in [0.25, 0.3) is 11.1 Å². The van der Waals surface area contributed by atoms with E-state index in [9.17, 15) is 24.6 Å². The molecule has 1 aliphatic heterocycles. The highest BCUT2D eigenvalue weighted by molar-refractivity contribution is 5.89. The van der Waals surface area contributed by atoms with Crippen LogP contribution in [-0.4, -0.2) is 78.1 Å². The van der Waals surface area contributed by atoms with Crippen molar-refractivity contribution in [3.63, 3.8) is 0 Å². The quantitative estimate of drug-likeness (QED) is 0.580. The molecule has 3 N–H and O–H groups in total. The molecular formula is C24H26N2O7. The van der Waals surface area contributed by atoms with E-state index in [0.717, 1.165) is 22.3 Å². The third kappa shape index (κ3) is 4.99. The van der Waals surface area contributed by atoms with Crippen LogP contribution in [0, 0.1) is 0 Å². The Labute approximate surface area is 190 Å². The van der Waals surface area contributed by atoms with E-state index in [1.807, 2.05) is 48.5 Å². The van der Waals surface area contributed by atoms with Gasteiger partial charge in [-0.15, -0.1) is 0 Å². The van der Waals surface area contributed by atoms with Gasteiger partial charge in [0.1, 0.15) is 12.6 Å². The molecule has 9 heteroatoms. The zero-order valence-electron chi connectivity index (χ0n) is 18.0. The first-order valence-corrected chi connectivity index (χ1v) is 10.8. The van der Waals surface area contributed by atoms with Crippen molar-refractivity contribution < 1.29 is 34.1 Å². The molecule has 2 atom stereocenters. The minimum atomic E-state index is -1.28. The molecule has 2 aliphatic rings. The van der Waals surface area contributed by atoms with Crippen molar-refractivity contribution in [3.05, 3.63) is 59.7 Å². The Kier molecular flexibility index (Phi) is 6.90. The van der Waals surface area contributed by atoms with Gasteiger partial charge in [0, 0.05) is 19.0 Å². The van der Waals surface area contributed by atoms with E-state index in [1.165, 1.54) is 4.90 Å². The van der Waals surface area contributed by atoms with Crippen LogP contribution in [0.2, 0.25) is 0 Å². The van der Waals surface area contributed by atoms with E-state index < -0.39 is 36.5 Å². The Morgan fingerprint density at radius 2 is 1.73 bits per heavy atom. The summed E-state index contributed by atoms with van der Waals surface area (Å²) in [7, 11) is 0. The van der Waals surface area contributed by atoms with Gasteiger partial charge in [-0.2, -0.15) is 0 Å². The molecule has 33 heavy (non-hydrogen) atoms. The average molecular weight is 454 g/mol. The minimum absolute atomic E-state index is 0.0536. The molecule has 4 rings (SSSR count). The number of carbonyl (C=O) groups excluding carboxylic acids is 2. The number of carbonyl (C=O) groups is 3. The maximum Gasteiger partial charge on any atom is 0.407 e. The number of amides is 2. The van der Waals surface area contributed by atoms with E-state index in [1.54, 1.807) is 0 Å². The number of benzene rings is 2. The number of nitrogens with zero attached hydrogens (tertiary/aromatic N) is 1. The van der Waals surface area contributed by atoms with Crippen LogP contribution in [0.1, 0.15) is 23.5 Å². The predicted octanol–water partition coefficient (Wildman–Crippen LogP) is 1.59. The number of nitrogens with one attached hydrogen (secondary N) is 1. The summed E-state index contributed by atoms with van der Waals surface area (Å²) in [6, 6.07) is 14.5. The van der Waals surface area contributed by atoms with Crippen molar-refractivity contribution in [2.45, 2.75) is 24.5 Å². The van der Waals surface area contributed by atoms with Crippen LogP contribution >= 0.6 is 0 Å². The SMILES string of the molecule is O=C(O)CC(NC(=O)OCC1c2ccccc2-c2ccccc21)C(=O)N1CCOC(CO)C1. The fraction of sp³-hybridized carbons (Fsp3) is 0.375. The predicted molar refractivity (Wildman–Crippen MR) is 118 cm³/mol. The molecule has 2 aromatic rings. The number of aliphatic carboxylic acids is 1. The maximum atomic E-state index is 12.9. The van der Waals surface area contributed by atoms with E-state index in [2.05, 4.69) is 5.32 Å². The van der Waals surface area contributed by atoms with Gasteiger partial charge in [-0.3, -0.25) is 9.59 Å². The van der Waals surface area contributed by atoms with Gasteiger partial charge in [0.2, 0.25) is 5.91 Å². The Balaban J connectivity index is 1.42. The second kappa shape index (κ2) is 10.0. The van der Waals surface area contributed by atoms with E-state index in [4.69, 9.17) is 9.47 Å². The number of alkyl carbamates (subject to hydrolysis) is 1. The minimum Gasteiger partial charge on any atom is -0.481 e. The lowest BCUT2D eigenvalue weighted by atomic mass is 9.98. The van der Waals surface area contributed by atoms with Gasteiger partial charge in [0.25, 0.3) is 0 Å². The Hall–Kier alpha value is -3.43. The number of ether oxygens (including phenoxy) is 2. The van der Waals surface area contributed by atoms with Crippen molar-refractivity contribution in [1.29, 1.82) is 0 Å². The zero-order chi connectivity index (χ0) is 23.4. The van der Waals surface area contributed by atoms with Crippen LogP contribution in [0.4, 0.5) is 4.79 Å². The summed E-state index contributed by atoms with van der Waals surface area (Å²) in [6.07, 6.45) is -1.98. The fourth-order valence-corrected chi connectivity index (χ4v) is 4.41. The molecule has 2 unspecified atom stereocenters. The van der Waals surface area contributed by atoms with Crippen LogP contribution < -0.4 is 5.32 Å². The fourth-order valence-electron chi connectivity index (χ4n) is 4.41. The summed E-state index contributed by atoms with van der Waals surface area (Å²) in [5, 5.41) is 20.9. The molecule has 1 fully saturated rings. The van der Waals surface area contributed by atoms with Crippen molar-refractivity contribution in [2.24, 2.45) is 0 Å². The molecule has 0 saturated carbocycles. The number of hydrogen-bond acceptors (Lipinski definition) is 6. The molecule has 0 bridgehead atoms. The number of morpholine rings is 1. The molecule has 9 nitrogen and oxygen atoms in total. The largest absolute Gasteiger partial charge is 0.481 e. The van der Waals surface area contributed by atoms with Gasteiger partial charge in [0.05, 0.1) is 25.7 Å². The molecule has 0 radical (unpaired) electrons. The lowest BCUT2D eigenvalue weighted by Gasteiger charge is -2.34. The summed E-state index contributed by atoms with van der Waals surface area (Å²) in [5.74, 6) is -1.92. The highest BCUT2D eigenvalue weighted by atomic mass is 16.5. The standard InChI is InChI=1S/C24H26N2O7/c27-13-15-12-26(9-10-32-15)23(30)21(11-22(28)29)25-24(31)33-14-20-18-7-3-1-5-16(18)17-6-2-4-8-19(17)20/h1-8,15,20-21,27H,9-14H2,(H,25,31)(H,28,29). The molecule has 1 heterocycles. The highest BCUT2D eigenvalue weighted by Crippen LogP contribution is 2.44. The lowest BCUT2D eigenvalue weighted by molar-refractivity contribution is -0.147. The molecule has 1 aliphatic carbocycles. The average Bonchev–Trinajstić information content (AvgIpc) is 3.15. The second-order valence-electron chi connectivity index (χ2n) is 8.08. The summed E-state index contributed by atoms with van der Waals surface area (Å²) in [6.45, 7) is 0.391. The smallest absolute Gasteiger partial charge is 0.407 e. The van der Waals surface area contributed by atoms with E-state index >= 15 is 0 Å². The van der Waals surface area contributed by atoms with Gasteiger partial charge >= 0.3 is 12.1 Å². The van der Waals surface area contributed by atoms with Crippen molar-refractivity contribution in [2.75, 3.05) is 32.9 Å². The number of hydrogen-bond donors (Lipinski definition) is 3. The van der Waals surface area contributed by atoms with E-state index in [-0.39, 0.29) is 38.8 Å². The number of fused-ring (bicyclic) bond motifs is 3. The molecule has 1 saturated heterocycles. The Bertz CT molecular complexity index is 995. The first kappa shape index (κ1) is 22.8. The van der Waals surface area contributed by atoms with E-state index in [0.29, 0.717) is 0 Å². The zero-order valence-corrected chi connectivity index (χ0v) is 18.0. The third-order valence-electron chi connectivity index (χ3n) is 5.97. The summed E-state index contributed by atoms with van der Waals surface area (Å²) in [4.78, 5) is 38.1.